The highest BCUT2D eigenvalue weighted by molar-refractivity contribution is 7.76. The summed E-state index contributed by atoms with van der Waals surface area (Å²) in [5.41, 5.74) is 5.11. The predicted molar refractivity (Wildman–Crippen MR) is 71.2 cm³/mol. The number of benzene rings is 1. The number of nitrogens with two attached hydrogens (primary N) is 1. The van der Waals surface area contributed by atoms with Gasteiger partial charge in [0.05, 0.1) is 6.20 Å². The van der Waals surface area contributed by atoms with E-state index in [0.29, 0.717) is 0 Å². The first-order chi connectivity index (χ1) is 8.41. The average molecular weight is 266 g/mol. The van der Waals surface area contributed by atoms with Crippen molar-refractivity contribution >= 4 is 11.3 Å². The van der Waals surface area contributed by atoms with Crippen molar-refractivity contribution in [1.29, 1.82) is 0 Å². The van der Waals surface area contributed by atoms with E-state index >= 15 is 0 Å². The van der Waals surface area contributed by atoms with Crippen LogP contribution in [0.1, 0.15) is 11.1 Å². The molecular weight excluding hydrogens is 250 g/mol. The van der Waals surface area contributed by atoms with E-state index in [1.54, 1.807) is 0 Å². The Morgan fingerprint density at radius 1 is 1.33 bits per heavy atom. The number of hydrogen-bond donors (Lipinski definition) is 1. The van der Waals surface area contributed by atoms with Gasteiger partial charge in [0.25, 0.3) is 0 Å². The number of aryl methyl sites for hydroxylation is 3. The lowest BCUT2D eigenvalue weighted by Gasteiger charge is -2.06. The summed E-state index contributed by atoms with van der Waals surface area (Å²) in [6, 6.07) is 6.36. The van der Waals surface area contributed by atoms with E-state index in [1.165, 1.54) is 22.3 Å². The molecule has 18 heavy (non-hydrogen) atoms. The third kappa shape index (κ3) is 4.06. The maximum absolute atomic E-state index is 8.78. The fraction of sp³-hybridized carbons (Fsp3) is 0.250. The van der Waals surface area contributed by atoms with Gasteiger partial charge in [0, 0.05) is 30.1 Å². The molecule has 0 spiro atoms. The highest BCUT2D eigenvalue weighted by Gasteiger charge is 2.06. The van der Waals surface area contributed by atoms with Crippen LogP contribution in [0.25, 0.3) is 11.1 Å². The Kier molecular flexibility index (Phi) is 5.21. The van der Waals surface area contributed by atoms with Gasteiger partial charge in [-0.3, -0.25) is 14.0 Å². The highest BCUT2D eigenvalue weighted by Crippen LogP contribution is 2.25. The minimum absolute atomic E-state index is 1.20. The van der Waals surface area contributed by atoms with Gasteiger partial charge in [-0.1, -0.05) is 18.2 Å². The zero-order valence-corrected chi connectivity index (χ0v) is 11.4. The van der Waals surface area contributed by atoms with Crippen molar-refractivity contribution in [3.05, 3.63) is 41.7 Å². The maximum Gasteiger partial charge on any atom is 0.0568 e. The van der Waals surface area contributed by atoms with E-state index < -0.39 is 11.3 Å². The molecule has 0 saturated carbocycles. The minimum Gasteiger partial charge on any atom is -0.760 e. The normalized spacial score (nSPS) is 11.6. The molecule has 2 aromatic rings. The molecule has 1 atom stereocenters. The molecule has 0 amide bonds. The van der Waals surface area contributed by atoms with Gasteiger partial charge in [0.1, 0.15) is 0 Å². The third-order valence-electron chi connectivity index (χ3n) is 2.47. The van der Waals surface area contributed by atoms with Gasteiger partial charge in [-0.2, -0.15) is 5.10 Å². The maximum atomic E-state index is 8.78. The number of aromatic nitrogens is 2. The van der Waals surface area contributed by atoms with Crippen molar-refractivity contribution in [2.75, 3.05) is 0 Å². The summed E-state index contributed by atoms with van der Waals surface area (Å²) in [5.74, 6) is 0. The van der Waals surface area contributed by atoms with Crippen LogP contribution in [-0.4, -0.2) is 18.5 Å². The second-order valence-corrected chi connectivity index (χ2v) is 4.45. The van der Waals surface area contributed by atoms with Crippen LogP contribution in [0.15, 0.2) is 30.6 Å². The van der Waals surface area contributed by atoms with Gasteiger partial charge in [-0.05, 0) is 30.5 Å². The molecule has 98 valence electrons. The van der Waals surface area contributed by atoms with Crippen LogP contribution in [0.4, 0.5) is 0 Å². The molecule has 0 saturated heterocycles. The SMILES string of the molecule is Cc1cccc(C)c1-c1cnn(C)c1.NS(=O)[O-]. The molecule has 0 aliphatic carbocycles. The second-order valence-electron chi connectivity index (χ2n) is 3.93. The number of hydrogen-bond acceptors (Lipinski definition) is 3. The second kappa shape index (κ2) is 6.44. The molecule has 1 heterocycles. The summed E-state index contributed by atoms with van der Waals surface area (Å²) in [6.07, 6.45) is 3.96. The van der Waals surface area contributed by atoms with Gasteiger partial charge in [-0.25, -0.2) is 0 Å². The monoisotopic (exact) mass is 266 g/mol. The molecule has 1 aromatic heterocycles. The van der Waals surface area contributed by atoms with E-state index in [4.69, 9.17) is 8.76 Å². The topological polar surface area (TPSA) is 84.0 Å². The lowest BCUT2D eigenvalue weighted by Crippen LogP contribution is -1.97. The molecule has 1 aromatic carbocycles. The zero-order chi connectivity index (χ0) is 13.7. The van der Waals surface area contributed by atoms with Gasteiger partial charge in [-0.15, -0.1) is 0 Å². The molecule has 2 rings (SSSR count). The van der Waals surface area contributed by atoms with Crippen LogP contribution >= 0.6 is 0 Å². The zero-order valence-electron chi connectivity index (χ0n) is 10.6. The Hall–Kier alpha value is -1.50. The molecule has 2 N–H and O–H groups in total. The first-order valence-electron chi connectivity index (χ1n) is 5.30. The van der Waals surface area contributed by atoms with Crippen molar-refractivity contribution in [1.82, 2.24) is 9.78 Å². The fourth-order valence-corrected chi connectivity index (χ4v) is 1.82. The molecule has 0 aliphatic rings. The van der Waals surface area contributed by atoms with Crippen molar-refractivity contribution in [3.63, 3.8) is 0 Å². The number of nitrogens with zero attached hydrogens (tertiary/aromatic N) is 2. The summed E-state index contributed by atoms with van der Waals surface area (Å²) in [6.45, 7) is 4.27. The first-order valence-corrected chi connectivity index (χ1v) is 6.44. The average Bonchev–Trinajstić information content (AvgIpc) is 2.63. The van der Waals surface area contributed by atoms with E-state index in [2.05, 4.69) is 48.5 Å². The van der Waals surface area contributed by atoms with E-state index in [-0.39, 0.29) is 0 Å². The van der Waals surface area contributed by atoms with Crippen molar-refractivity contribution < 1.29 is 8.76 Å². The molecule has 0 radical (unpaired) electrons. The fourth-order valence-electron chi connectivity index (χ4n) is 1.82. The van der Waals surface area contributed by atoms with Gasteiger partial charge in [0.2, 0.25) is 0 Å². The van der Waals surface area contributed by atoms with Gasteiger partial charge < -0.3 is 4.55 Å². The predicted octanol–water partition coefficient (Wildman–Crippen LogP) is 1.44. The van der Waals surface area contributed by atoms with Crippen LogP contribution in [0.2, 0.25) is 0 Å². The molecule has 6 heteroatoms. The largest absolute Gasteiger partial charge is 0.760 e. The third-order valence-corrected chi connectivity index (χ3v) is 2.47. The van der Waals surface area contributed by atoms with Crippen molar-refractivity contribution in [3.8, 4) is 11.1 Å². The molecule has 0 aliphatic heterocycles. The van der Waals surface area contributed by atoms with Crippen molar-refractivity contribution in [2.45, 2.75) is 13.8 Å². The molecule has 5 nitrogen and oxygen atoms in total. The smallest absolute Gasteiger partial charge is 0.0568 e. The van der Waals surface area contributed by atoms with Gasteiger partial charge in [0.15, 0.2) is 0 Å². The Labute approximate surface area is 109 Å². The standard InChI is InChI=1S/C12H14N2.H3NO2S/c1-9-5-4-6-10(2)12(9)11-7-13-14(3)8-11;1-4(2)3/h4-8H,1-3H3;1H2,(H,2,3)/p-1. The molecular formula is C12H16N3O2S-. The van der Waals surface area contributed by atoms with Crippen LogP contribution in [0, 0.1) is 13.8 Å². The van der Waals surface area contributed by atoms with Crippen LogP contribution in [0.5, 0.6) is 0 Å². The summed E-state index contributed by atoms with van der Waals surface area (Å²) in [5, 5.41) is 8.22. The Balaban J connectivity index is 0.000000357. The van der Waals surface area contributed by atoms with Crippen LogP contribution in [-0.2, 0) is 18.3 Å². The van der Waals surface area contributed by atoms with Gasteiger partial charge >= 0.3 is 0 Å². The number of rotatable bonds is 1. The quantitative estimate of drug-likeness (QED) is 0.793. The minimum atomic E-state index is -2.36. The highest BCUT2D eigenvalue weighted by atomic mass is 32.2. The first kappa shape index (κ1) is 14.6. The Bertz CT molecular complexity index is 528. The lowest BCUT2D eigenvalue weighted by atomic mass is 9.98. The Morgan fingerprint density at radius 2 is 1.83 bits per heavy atom. The van der Waals surface area contributed by atoms with Crippen LogP contribution < -0.4 is 5.14 Å². The van der Waals surface area contributed by atoms with Crippen LogP contribution in [0.3, 0.4) is 0 Å². The van der Waals surface area contributed by atoms with E-state index in [0.717, 1.165) is 0 Å². The summed E-state index contributed by atoms with van der Waals surface area (Å²) >= 11 is -2.36. The molecule has 0 bridgehead atoms. The lowest BCUT2D eigenvalue weighted by molar-refractivity contribution is 0.539. The Morgan fingerprint density at radius 3 is 2.22 bits per heavy atom. The molecule has 0 fully saturated rings. The van der Waals surface area contributed by atoms with E-state index in [9.17, 15) is 0 Å². The summed E-state index contributed by atoms with van der Waals surface area (Å²) in [7, 11) is 1.94. The summed E-state index contributed by atoms with van der Waals surface area (Å²) < 4.78 is 19.4. The van der Waals surface area contributed by atoms with E-state index in [1.807, 2.05) is 17.9 Å². The summed E-state index contributed by atoms with van der Waals surface area (Å²) in [4.78, 5) is 0. The van der Waals surface area contributed by atoms with Crippen molar-refractivity contribution in [2.24, 2.45) is 12.2 Å². The molecule has 1 unspecified atom stereocenters.